The molecule has 0 aliphatic rings. The lowest BCUT2D eigenvalue weighted by Gasteiger charge is -2.27. The molecule has 2 aromatic carbocycles. The summed E-state index contributed by atoms with van der Waals surface area (Å²) in [5.41, 5.74) is 3.24. The zero-order valence-electron chi connectivity index (χ0n) is 16.4. The van der Waals surface area contributed by atoms with Gasteiger partial charge in [-0.05, 0) is 64.1 Å². The zero-order chi connectivity index (χ0) is 19.3. The lowest BCUT2D eigenvalue weighted by Crippen LogP contribution is -2.30. The van der Waals surface area contributed by atoms with Crippen LogP contribution in [0.4, 0.5) is 11.4 Å². The Balaban J connectivity index is 2.20. The lowest BCUT2D eigenvalue weighted by molar-refractivity contribution is 0.102. The van der Waals surface area contributed by atoms with E-state index < -0.39 is 0 Å². The average molecular weight is 356 g/mol. The van der Waals surface area contributed by atoms with Crippen molar-refractivity contribution >= 4 is 17.3 Å². The zero-order valence-corrected chi connectivity index (χ0v) is 16.4. The molecular formula is C21H28N2O3. The maximum Gasteiger partial charge on any atom is 0.255 e. The molecule has 0 heterocycles. The Hall–Kier alpha value is -2.69. The Morgan fingerprint density at radius 3 is 2.04 bits per heavy atom. The second-order valence-corrected chi connectivity index (χ2v) is 6.39. The van der Waals surface area contributed by atoms with Crippen LogP contribution in [-0.2, 0) is 0 Å². The Bertz CT molecular complexity index is 729. The number of methoxy groups -OCH3 is 2. The number of benzene rings is 2. The first-order chi connectivity index (χ1) is 12.4. The maximum absolute atomic E-state index is 12.6. The third kappa shape index (κ3) is 4.28. The van der Waals surface area contributed by atoms with Gasteiger partial charge in [0.2, 0.25) is 0 Å². The van der Waals surface area contributed by atoms with Gasteiger partial charge in [-0.2, -0.15) is 0 Å². The number of nitrogens with one attached hydrogen (secondary N) is 1. The third-order valence-corrected chi connectivity index (χ3v) is 4.44. The van der Waals surface area contributed by atoms with E-state index in [2.05, 4.69) is 31.0 Å². The number of carbonyl (C=O) groups excluding carboxylic acids is 1. The van der Waals surface area contributed by atoms with Crippen LogP contribution in [0.1, 0.15) is 36.7 Å². The summed E-state index contributed by atoms with van der Waals surface area (Å²) in [6.07, 6.45) is 0. The van der Waals surface area contributed by atoms with Crippen molar-refractivity contribution in [1.82, 2.24) is 0 Å². The summed E-state index contributed by atoms with van der Waals surface area (Å²) in [7, 11) is 3.16. The third-order valence-electron chi connectivity index (χ3n) is 4.44. The predicted octanol–water partition coefficient (Wildman–Crippen LogP) is 4.50. The van der Waals surface area contributed by atoms with Crippen LogP contribution in [0.3, 0.4) is 0 Å². The van der Waals surface area contributed by atoms with Crippen LogP contribution in [0.5, 0.6) is 11.5 Å². The number of nitrogens with zero attached hydrogens (tertiary/aromatic N) is 1. The molecule has 0 aliphatic carbocycles. The molecule has 26 heavy (non-hydrogen) atoms. The molecule has 0 unspecified atom stereocenters. The van der Waals surface area contributed by atoms with Crippen LogP contribution in [0.2, 0.25) is 0 Å². The summed E-state index contributed by atoms with van der Waals surface area (Å²) in [5, 5.41) is 2.93. The molecule has 0 bridgehead atoms. The van der Waals surface area contributed by atoms with E-state index in [0.29, 0.717) is 23.1 Å². The van der Waals surface area contributed by atoms with Crippen molar-refractivity contribution in [2.75, 3.05) is 31.0 Å². The second-order valence-electron chi connectivity index (χ2n) is 6.39. The predicted molar refractivity (Wildman–Crippen MR) is 107 cm³/mol. The Morgan fingerprint density at radius 2 is 1.62 bits per heavy atom. The number of anilines is 2. The number of hydrogen-bond acceptors (Lipinski definition) is 4. The first kappa shape index (κ1) is 19.6. The van der Waals surface area contributed by atoms with Gasteiger partial charge >= 0.3 is 0 Å². The van der Waals surface area contributed by atoms with Crippen molar-refractivity contribution < 1.29 is 14.3 Å². The molecule has 0 aliphatic heterocycles. The van der Waals surface area contributed by atoms with Crippen LogP contribution in [0.15, 0.2) is 36.4 Å². The van der Waals surface area contributed by atoms with E-state index in [9.17, 15) is 4.79 Å². The minimum Gasteiger partial charge on any atom is -0.496 e. The molecule has 140 valence electrons. The highest BCUT2D eigenvalue weighted by Crippen LogP contribution is 2.30. The molecule has 5 heteroatoms. The van der Waals surface area contributed by atoms with Crippen molar-refractivity contribution in [3.63, 3.8) is 0 Å². The van der Waals surface area contributed by atoms with Crippen LogP contribution in [0.25, 0.3) is 0 Å². The van der Waals surface area contributed by atoms with Crippen LogP contribution >= 0.6 is 0 Å². The van der Waals surface area contributed by atoms with Gasteiger partial charge in [-0.25, -0.2) is 0 Å². The van der Waals surface area contributed by atoms with E-state index in [1.807, 2.05) is 31.2 Å². The molecule has 0 radical (unpaired) electrons. The minimum absolute atomic E-state index is 0.203. The molecule has 2 aromatic rings. The van der Waals surface area contributed by atoms with E-state index in [1.165, 1.54) is 0 Å². The first-order valence-electron chi connectivity index (χ1n) is 8.81. The molecule has 0 atom stereocenters. The fourth-order valence-electron chi connectivity index (χ4n) is 3.00. The van der Waals surface area contributed by atoms with E-state index in [-0.39, 0.29) is 5.91 Å². The number of ether oxygens (including phenoxy) is 2. The summed E-state index contributed by atoms with van der Waals surface area (Å²) in [6.45, 7) is 9.29. The molecule has 0 aromatic heterocycles. The van der Waals surface area contributed by atoms with Crippen molar-refractivity contribution in [3.8, 4) is 11.5 Å². The molecule has 0 saturated carbocycles. The number of carbonyl (C=O) groups is 1. The Morgan fingerprint density at radius 1 is 1.08 bits per heavy atom. The van der Waals surface area contributed by atoms with Gasteiger partial charge in [-0.3, -0.25) is 4.79 Å². The molecule has 0 saturated heterocycles. The molecule has 2 rings (SSSR count). The SMILES string of the molecule is CCN(c1ccc(NC(=O)c2cc(OC)c(C)c(OC)c2)cc1)C(C)C. The van der Waals surface area contributed by atoms with Gasteiger partial charge in [0.05, 0.1) is 14.2 Å². The standard InChI is InChI=1S/C21H28N2O3/c1-7-23(14(2)3)18-10-8-17(9-11-18)22-21(24)16-12-19(25-5)15(4)20(13-16)26-6/h8-14H,7H2,1-6H3,(H,22,24). The molecule has 1 N–H and O–H groups in total. The number of rotatable bonds is 7. The maximum atomic E-state index is 12.6. The second kappa shape index (κ2) is 8.61. The van der Waals surface area contributed by atoms with Crippen LogP contribution < -0.4 is 19.7 Å². The van der Waals surface area contributed by atoms with Crippen LogP contribution in [0, 0.1) is 6.92 Å². The van der Waals surface area contributed by atoms with Crippen molar-refractivity contribution in [1.29, 1.82) is 0 Å². The Kier molecular flexibility index (Phi) is 6.50. The lowest BCUT2D eigenvalue weighted by atomic mass is 10.1. The summed E-state index contributed by atoms with van der Waals surface area (Å²) in [5.74, 6) is 1.05. The fraction of sp³-hybridized carbons (Fsp3) is 0.381. The molecule has 0 spiro atoms. The van der Waals surface area contributed by atoms with Crippen LogP contribution in [-0.4, -0.2) is 32.7 Å². The molecule has 5 nitrogen and oxygen atoms in total. The number of amides is 1. The van der Waals surface area contributed by atoms with E-state index in [0.717, 1.165) is 23.5 Å². The van der Waals surface area contributed by atoms with Gasteiger partial charge in [0.25, 0.3) is 5.91 Å². The quantitative estimate of drug-likeness (QED) is 0.794. The molecule has 1 amide bonds. The highest BCUT2D eigenvalue weighted by molar-refractivity contribution is 6.05. The Labute approximate surface area is 155 Å². The van der Waals surface area contributed by atoms with Gasteiger partial charge < -0.3 is 19.7 Å². The van der Waals surface area contributed by atoms with Crippen molar-refractivity contribution in [2.45, 2.75) is 33.7 Å². The molecular weight excluding hydrogens is 328 g/mol. The van der Waals surface area contributed by atoms with E-state index in [1.54, 1.807) is 26.4 Å². The van der Waals surface area contributed by atoms with Crippen molar-refractivity contribution in [3.05, 3.63) is 47.5 Å². The van der Waals surface area contributed by atoms with E-state index >= 15 is 0 Å². The topological polar surface area (TPSA) is 50.8 Å². The fourth-order valence-corrected chi connectivity index (χ4v) is 3.00. The molecule has 0 fully saturated rings. The van der Waals surface area contributed by atoms with Gasteiger partial charge in [0.15, 0.2) is 0 Å². The van der Waals surface area contributed by atoms with Gasteiger partial charge in [0, 0.05) is 35.1 Å². The first-order valence-corrected chi connectivity index (χ1v) is 8.81. The normalized spacial score (nSPS) is 10.6. The summed E-state index contributed by atoms with van der Waals surface area (Å²) < 4.78 is 10.7. The largest absolute Gasteiger partial charge is 0.496 e. The van der Waals surface area contributed by atoms with E-state index in [4.69, 9.17) is 9.47 Å². The summed E-state index contributed by atoms with van der Waals surface area (Å²) >= 11 is 0. The summed E-state index contributed by atoms with van der Waals surface area (Å²) in [4.78, 5) is 14.9. The highest BCUT2D eigenvalue weighted by atomic mass is 16.5. The highest BCUT2D eigenvalue weighted by Gasteiger charge is 2.14. The monoisotopic (exact) mass is 356 g/mol. The smallest absolute Gasteiger partial charge is 0.255 e. The van der Waals surface area contributed by atoms with Crippen molar-refractivity contribution in [2.24, 2.45) is 0 Å². The average Bonchev–Trinajstić information content (AvgIpc) is 2.63. The minimum atomic E-state index is -0.203. The number of hydrogen-bond donors (Lipinski definition) is 1. The van der Waals surface area contributed by atoms with Gasteiger partial charge in [-0.15, -0.1) is 0 Å². The van der Waals surface area contributed by atoms with Gasteiger partial charge in [-0.1, -0.05) is 0 Å². The van der Waals surface area contributed by atoms with Gasteiger partial charge in [0.1, 0.15) is 11.5 Å². The summed E-state index contributed by atoms with van der Waals surface area (Å²) in [6, 6.07) is 11.7.